The molecule has 124 valence electrons. The van der Waals surface area contributed by atoms with Gasteiger partial charge in [0.05, 0.1) is 0 Å². The summed E-state index contributed by atoms with van der Waals surface area (Å²) in [5.74, 6) is 2.23. The van der Waals surface area contributed by atoms with Crippen LogP contribution in [-0.4, -0.2) is 11.0 Å². The van der Waals surface area contributed by atoms with Crippen LogP contribution in [0.4, 0.5) is 0 Å². The first-order chi connectivity index (χ1) is 10.5. The molecule has 7 atom stereocenters. The van der Waals surface area contributed by atoms with E-state index in [1.165, 1.54) is 57.8 Å². The molecule has 4 aliphatic rings. The van der Waals surface area contributed by atoms with Crippen molar-refractivity contribution in [3.8, 4) is 0 Å². The van der Waals surface area contributed by atoms with Crippen molar-refractivity contribution < 1.29 is 4.92 Å². The molecule has 0 radical (unpaired) electrons. The number of nitro groups is 1. The van der Waals surface area contributed by atoms with Crippen LogP contribution in [0.3, 0.4) is 0 Å². The lowest BCUT2D eigenvalue weighted by atomic mass is 9.44. The average molecular weight is 305 g/mol. The molecule has 0 unspecified atom stereocenters. The van der Waals surface area contributed by atoms with Gasteiger partial charge in [-0.15, -0.1) is 0 Å². The largest absolute Gasteiger partial charge is 0.264 e. The van der Waals surface area contributed by atoms with Crippen molar-refractivity contribution in [3.63, 3.8) is 0 Å². The standard InChI is InChI=1S/C19H31NO2/c1-18-9-5-7-14(18)17-15(8-11-18)19(2)10-4-3-6-13(19)12-16(17)20(21)22/h13-17H,3-12H2,1-2H3/t13-,14+,15+,16+,17+,18+,19+/m1/s1. The summed E-state index contributed by atoms with van der Waals surface area (Å²) in [6.45, 7) is 4.94. The second-order valence-corrected chi connectivity index (χ2v) is 9.41. The average Bonchev–Trinajstić information content (AvgIpc) is 2.87. The fourth-order valence-corrected chi connectivity index (χ4v) is 7.47. The molecule has 4 rings (SSSR count). The molecule has 22 heavy (non-hydrogen) atoms. The second kappa shape index (κ2) is 4.95. The summed E-state index contributed by atoms with van der Waals surface area (Å²) in [6, 6.07) is -0.246. The molecule has 0 N–H and O–H groups in total. The van der Waals surface area contributed by atoms with Gasteiger partial charge in [-0.2, -0.15) is 0 Å². The number of fused-ring (bicyclic) bond motifs is 5. The van der Waals surface area contributed by atoms with E-state index in [1.807, 2.05) is 0 Å². The van der Waals surface area contributed by atoms with E-state index in [0.29, 0.717) is 34.5 Å². The molecule has 0 spiro atoms. The van der Waals surface area contributed by atoms with Gasteiger partial charge in [0.1, 0.15) is 0 Å². The van der Waals surface area contributed by atoms with Gasteiger partial charge in [0.2, 0.25) is 6.04 Å². The van der Waals surface area contributed by atoms with Crippen LogP contribution in [-0.2, 0) is 0 Å². The van der Waals surface area contributed by atoms with Crippen molar-refractivity contribution >= 4 is 0 Å². The fourth-order valence-electron chi connectivity index (χ4n) is 7.47. The SMILES string of the molecule is C[C@@]12CCC[C@H]1[C@@H]1[C@@H]([N+](=O)[O-])C[C@H]3CCCC[C@]3(C)[C@H]1CC2. The lowest BCUT2D eigenvalue weighted by molar-refractivity contribution is -0.548. The molecule has 3 heteroatoms. The van der Waals surface area contributed by atoms with Gasteiger partial charge in [-0.1, -0.05) is 33.1 Å². The number of rotatable bonds is 1. The predicted octanol–water partition coefficient (Wildman–Crippen LogP) is 5.06. The highest BCUT2D eigenvalue weighted by Gasteiger charge is 2.63. The zero-order valence-corrected chi connectivity index (χ0v) is 14.2. The van der Waals surface area contributed by atoms with Gasteiger partial charge in [-0.05, 0) is 67.1 Å². The summed E-state index contributed by atoms with van der Waals surface area (Å²) in [5, 5.41) is 11.9. The maximum Gasteiger partial charge on any atom is 0.216 e. The molecule has 4 fully saturated rings. The Balaban J connectivity index is 1.74. The van der Waals surface area contributed by atoms with Crippen LogP contribution in [0.5, 0.6) is 0 Å². The van der Waals surface area contributed by atoms with Crippen molar-refractivity contribution in [1.29, 1.82) is 0 Å². The first kappa shape index (κ1) is 15.0. The lowest BCUT2D eigenvalue weighted by Gasteiger charge is -2.60. The fraction of sp³-hybridized carbons (Fsp3) is 1.00. The van der Waals surface area contributed by atoms with E-state index >= 15 is 0 Å². The molecule has 0 saturated heterocycles. The minimum absolute atomic E-state index is 0.121. The van der Waals surface area contributed by atoms with Crippen LogP contribution in [0.1, 0.15) is 78.1 Å². The van der Waals surface area contributed by atoms with E-state index < -0.39 is 0 Å². The summed E-state index contributed by atoms with van der Waals surface area (Å²) in [4.78, 5) is 12.0. The Kier molecular flexibility index (Phi) is 3.36. The monoisotopic (exact) mass is 305 g/mol. The smallest absolute Gasteiger partial charge is 0.216 e. The minimum Gasteiger partial charge on any atom is -0.264 e. The highest BCUT2D eigenvalue weighted by Crippen LogP contribution is 2.66. The first-order valence-electron chi connectivity index (χ1n) is 9.59. The number of hydrogen-bond donors (Lipinski definition) is 0. The Morgan fingerprint density at radius 1 is 0.955 bits per heavy atom. The maximum absolute atomic E-state index is 11.9. The Morgan fingerprint density at radius 2 is 1.77 bits per heavy atom. The topological polar surface area (TPSA) is 43.1 Å². The molecule has 0 heterocycles. The molecule has 0 aliphatic heterocycles. The lowest BCUT2D eigenvalue weighted by Crippen LogP contribution is -2.58. The van der Waals surface area contributed by atoms with E-state index in [9.17, 15) is 10.1 Å². The van der Waals surface area contributed by atoms with E-state index in [0.717, 1.165) is 6.42 Å². The summed E-state index contributed by atoms with van der Waals surface area (Å²) in [5.41, 5.74) is 0.812. The third-order valence-corrected chi connectivity index (χ3v) is 8.65. The maximum atomic E-state index is 11.9. The first-order valence-corrected chi connectivity index (χ1v) is 9.59. The van der Waals surface area contributed by atoms with Gasteiger partial charge in [0.15, 0.2) is 0 Å². The predicted molar refractivity (Wildman–Crippen MR) is 87.1 cm³/mol. The van der Waals surface area contributed by atoms with Gasteiger partial charge in [-0.25, -0.2) is 0 Å². The second-order valence-electron chi connectivity index (χ2n) is 9.41. The molecule has 0 amide bonds. The van der Waals surface area contributed by atoms with Crippen molar-refractivity contribution in [3.05, 3.63) is 10.1 Å². The Bertz CT molecular complexity index is 478. The molecule has 0 aromatic carbocycles. The Labute approximate surface area is 134 Å². The zero-order valence-electron chi connectivity index (χ0n) is 14.2. The molecule has 4 saturated carbocycles. The molecule has 0 aromatic rings. The quantitative estimate of drug-likeness (QED) is 0.501. The van der Waals surface area contributed by atoms with Crippen molar-refractivity contribution in [1.82, 2.24) is 0 Å². The van der Waals surface area contributed by atoms with E-state index in [1.54, 1.807) is 0 Å². The Morgan fingerprint density at radius 3 is 2.55 bits per heavy atom. The van der Waals surface area contributed by atoms with Crippen LogP contribution in [0.25, 0.3) is 0 Å². The van der Waals surface area contributed by atoms with Crippen LogP contribution in [0, 0.1) is 44.6 Å². The summed E-state index contributed by atoms with van der Waals surface area (Å²) < 4.78 is 0. The highest BCUT2D eigenvalue weighted by atomic mass is 16.6. The van der Waals surface area contributed by atoms with Gasteiger partial charge >= 0.3 is 0 Å². The summed E-state index contributed by atoms with van der Waals surface area (Å²) in [6.07, 6.45) is 12.5. The van der Waals surface area contributed by atoms with Gasteiger partial charge < -0.3 is 0 Å². The zero-order chi connectivity index (χ0) is 15.5. The third-order valence-electron chi connectivity index (χ3n) is 8.65. The van der Waals surface area contributed by atoms with Crippen LogP contribution < -0.4 is 0 Å². The van der Waals surface area contributed by atoms with E-state index in [4.69, 9.17) is 0 Å². The van der Waals surface area contributed by atoms with Crippen molar-refractivity contribution in [2.45, 2.75) is 84.1 Å². The molecule has 3 nitrogen and oxygen atoms in total. The minimum atomic E-state index is -0.246. The Hall–Kier alpha value is -0.600. The van der Waals surface area contributed by atoms with Crippen LogP contribution in [0.2, 0.25) is 0 Å². The van der Waals surface area contributed by atoms with Crippen LogP contribution in [0.15, 0.2) is 0 Å². The van der Waals surface area contributed by atoms with Gasteiger partial charge in [-0.3, -0.25) is 10.1 Å². The van der Waals surface area contributed by atoms with E-state index in [-0.39, 0.29) is 11.0 Å². The molecule has 4 aliphatic carbocycles. The number of nitrogens with zero attached hydrogens (tertiary/aromatic N) is 1. The summed E-state index contributed by atoms with van der Waals surface area (Å²) >= 11 is 0. The molecule has 0 aromatic heterocycles. The van der Waals surface area contributed by atoms with Crippen molar-refractivity contribution in [2.75, 3.05) is 0 Å². The van der Waals surface area contributed by atoms with Gasteiger partial charge in [0, 0.05) is 17.3 Å². The van der Waals surface area contributed by atoms with Crippen LogP contribution >= 0.6 is 0 Å². The molecular weight excluding hydrogens is 274 g/mol. The normalized spacial score (nSPS) is 54.2. The molecule has 0 bridgehead atoms. The highest BCUT2D eigenvalue weighted by molar-refractivity contribution is 5.09. The molecular formula is C19H31NO2. The number of hydrogen-bond acceptors (Lipinski definition) is 2. The van der Waals surface area contributed by atoms with E-state index in [2.05, 4.69) is 13.8 Å². The van der Waals surface area contributed by atoms with Gasteiger partial charge in [0.25, 0.3) is 0 Å². The van der Waals surface area contributed by atoms with Crippen molar-refractivity contribution in [2.24, 2.45) is 34.5 Å². The summed E-state index contributed by atoms with van der Waals surface area (Å²) in [7, 11) is 0. The third kappa shape index (κ3) is 1.93.